The first-order valence-corrected chi connectivity index (χ1v) is 9.45. The van der Waals surface area contributed by atoms with Crippen LogP contribution in [0.25, 0.3) is 0 Å². The highest BCUT2D eigenvalue weighted by molar-refractivity contribution is 5.02. The minimum atomic E-state index is 0.493. The standard InChI is InChI=1S/C19H35N/c1-2-3-4-5-6-7-18(20)14-19-11-15-8-16(12-19)10-17(9-15)13-19/h15-18H,2-14,20H2,1H3. The Labute approximate surface area is 126 Å². The molecule has 1 atom stereocenters. The first kappa shape index (κ1) is 14.9. The highest BCUT2D eigenvalue weighted by Crippen LogP contribution is 2.61. The molecule has 4 bridgehead atoms. The molecule has 2 N–H and O–H groups in total. The van der Waals surface area contributed by atoms with E-state index in [2.05, 4.69) is 6.92 Å². The van der Waals surface area contributed by atoms with Crippen molar-refractivity contribution in [3.05, 3.63) is 0 Å². The maximum atomic E-state index is 6.51. The van der Waals surface area contributed by atoms with Gasteiger partial charge in [0.25, 0.3) is 0 Å². The monoisotopic (exact) mass is 277 g/mol. The summed E-state index contributed by atoms with van der Waals surface area (Å²) >= 11 is 0. The Hall–Kier alpha value is -0.0400. The quantitative estimate of drug-likeness (QED) is 0.600. The average molecular weight is 277 g/mol. The van der Waals surface area contributed by atoms with Crippen LogP contribution in [0.2, 0.25) is 0 Å². The van der Waals surface area contributed by atoms with Gasteiger partial charge in [-0.15, -0.1) is 0 Å². The Morgan fingerprint density at radius 2 is 1.45 bits per heavy atom. The van der Waals surface area contributed by atoms with E-state index in [1.807, 2.05) is 0 Å². The Balaban J connectivity index is 1.43. The van der Waals surface area contributed by atoms with E-state index in [0.717, 1.165) is 17.8 Å². The lowest BCUT2D eigenvalue weighted by atomic mass is 9.48. The molecule has 0 saturated heterocycles. The molecule has 0 aromatic heterocycles. The van der Waals surface area contributed by atoms with Crippen LogP contribution < -0.4 is 5.73 Å². The molecule has 116 valence electrons. The summed E-state index contributed by atoms with van der Waals surface area (Å²) in [5.41, 5.74) is 7.20. The van der Waals surface area contributed by atoms with Crippen molar-refractivity contribution in [2.45, 2.75) is 96.4 Å². The van der Waals surface area contributed by atoms with Gasteiger partial charge in [0.05, 0.1) is 0 Å². The number of rotatable bonds is 8. The molecule has 1 nitrogen and oxygen atoms in total. The lowest BCUT2D eigenvalue weighted by molar-refractivity contribution is -0.0606. The van der Waals surface area contributed by atoms with Crippen molar-refractivity contribution in [2.75, 3.05) is 0 Å². The summed E-state index contributed by atoms with van der Waals surface area (Å²) in [6.07, 6.45) is 18.9. The van der Waals surface area contributed by atoms with E-state index < -0.39 is 0 Å². The van der Waals surface area contributed by atoms with E-state index in [0.29, 0.717) is 11.5 Å². The van der Waals surface area contributed by atoms with Gasteiger partial charge in [0.1, 0.15) is 0 Å². The molecule has 4 saturated carbocycles. The van der Waals surface area contributed by atoms with Gasteiger partial charge in [0, 0.05) is 6.04 Å². The highest BCUT2D eigenvalue weighted by atomic mass is 14.7. The molecule has 0 aromatic rings. The van der Waals surface area contributed by atoms with Gasteiger partial charge in [0.2, 0.25) is 0 Å². The molecule has 0 heterocycles. The summed E-state index contributed by atoms with van der Waals surface area (Å²) in [5, 5.41) is 0. The van der Waals surface area contributed by atoms with Crippen LogP contribution in [-0.4, -0.2) is 6.04 Å². The van der Waals surface area contributed by atoms with Crippen molar-refractivity contribution in [3.8, 4) is 0 Å². The maximum Gasteiger partial charge on any atom is 0.00441 e. The van der Waals surface area contributed by atoms with Crippen LogP contribution in [0.15, 0.2) is 0 Å². The summed E-state index contributed by atoms with van der Waals surface area (Å²) in [4.78, 5) is 0. The van der Waals surface area contributed by atoms with E-state index >= 15 is 0 Å². The number of nitrogens with two attached hydrogens (primary N) is 1. The zero-order valence-corrected chi connectivity index (χ0v) is 13.6. The molecule has 0 aromatic carbocycles. The van der Waals surface area contributed by atoms with Crippen LogP contribution in [0.1, 0.15) is 90.4 Å². The Kier molecular flexibility index (Phi) is 4.75. The summed E-state index contributed by atoms with van der Waals surface area (Å²) in [5.74, 6) is 3.24. The van der Waals surface area contributed by atoms with Crippen LogP contribution in [0.4, 0.5) is 0 Å². The molecular weight excluding hydrogens is 242 g/mol. The van der Waals surface area contributed by atoms with Gasteiger partial charge in [-0.25, -0.2) is 0 Å². The maximum absolute atomic E-state index is 6.51. The third kappa shape index (κ3) is 3.40. The molecule has 0 radical (unpaired) electrons. The summed E-state index contributed by atoms with van der Waals surface area (Å²) < 4.78 is 0. The summed E-state index contributed by atoms with van der Waals surface area (Å²) in [7, 11) is 0. The van der Waals surface area contributed by atoms with Gasteiger partial charge in [0.15, 0.2) is 0 Å². The molecule has 0 aliphatic heterocycles. The fourth-order valence-corrected chi connectivity index (χ4v) is 6.21. The van der Waals surface area contributed by atoms with Crippen molar-refractivity contribution in [3.63, 3.8) is 0 Å². The van der Waals surface area contributed by atoms with Gasteiger partial charge >= 0.3 is 0 Å². The van der Waals surface area contributed by atoms with Crippen molar-refractivity contribution >= 4 is 0 Å². The first-order valence-electron chi connectivity index (χ1n) is 9.45. The molecule has 4 rings (SSSR count). The van der Waals surface area contributed by atoms with Gasteiger partial charge < -0.3 is 5.73 Å². The van der Waals surface area contributed by atoms with Crippen molar-refractivity contribution in [1.29, 1.82) is 0 Å². The topological polar surface area (TPSA) is 26.0 Å². The van der Waals surface area contributed by atoms with E-state index in [1.54, 1.807) is 19.3 Å². The lowest BCUT2D eigenvalue weighted by Crippen LogP contribution is -2.48. The third-order valence-electron chi connectivity index (χ3n) is 6.54. The van der Waals surface area contributed by atoms with Gasteiger partial charge in [-0.3, -0.25) is 0 Å². The molecule has 1 unspecified atom stereocenters. The molecule has 1 heteroatoms. The molecule has 0 spiro atoms. The normalized spacial score (nSPS) is 40.2. The first-order chi connectivity index (χ1) is 9.69. The van der Waals surface area contributed by atoms with Gasteiger partial charge in [-0.2, -0.15) is 0 Å². The van der Waals surface area contributed by atoms with E-state index in [1.165, 1.54) is 64.2 Å². The minimum absolute atomic E-state index is 0.493. The fraction of sp³-hybridized carbons (Fsp3) is 1.00. The largest absolute Gasteiger partial charge is 0.328 e. The molecular formula is C19H35N. The fourth-order valence-electron chi connectivity index (χ4n) is 6.21. The second-order valence-corrected chi connectivity index (χ2v) is 8.58. The molecule has 20 heavy (non-hydrogen) atoms. The second-order valence-electron chi connectivity index (χ2n) is 8.58. The smallest absolute Gasteiger partial charge is 0.00441 e. The van der Waals surface area contributed by atoms with Gasteiger partial charge in [-0.1, -0.05) is 39.0 Å². The molecule has 4 aliphatic carbocycles. The van der Waals surface area contributed by atoms with Crippen LogP contribution in [0, 0.1) is 23.2 Å². The number of hydrogen-bond donors (Lipinski definition) is 1. The van der Waals surface area contributed by atoms with Crippen molar-refractivity contribution in [1.82, 2.24) is 0 Å². The van der Waals surface area contributed by atoms with E-state index in [9.17, 15) is 0 Å². The Morgan fingerprint density at radius 3 is 2.00 bits per heavy atom. The second kappa shape index (κ2) is 6.38. The van der Waals surface area contributed by atoms with Crippen LogP contribution in [-0.2, 0) is 0 Å². The average Bonchev–Trinajstić information content (AvgIpc) is 2.36. The summed E-state index contributed by atoms with van der Waals surface area (Å²) in [6, 6.07) is 0.493. The van der Waals surface area contributed by atoms with Crippen LogP contribution >= 0.6 is 0 Å². The highest BCUT2D eigenvalue weighted by Gasteiger charge is 2.50. The zero-order valence-electron chi connectivity index (χ0n) is 13.6. The minimum Gasteiger partial charge on any atom is -0.328 e. The van der Waals surface area contributed by atoms with Crippen LogP contribution in [0.5, 0.6) is 0 Å². The number of hydrogen-bond acceptors (Lipinski definition) is 1. The van der Waals surface area contributed by atoms with Crippen molar-refractivity contribution < 1.29 is 0 Å². The van der Waals surface area contributed by atoms with E-state index in [-0.39, 0.29) is 0 Å². The summed E-state index contributed by atoms with van der Waals surface area (Å²) in [6.45, 7) is 2.29. The molecule has 0 amide bonds. The lowest BCUT2D eigenvalue weighted by Gasteiger charge is -2.57. The number of unbranched alkanes of at least 4 members (excludes halogenated alkanes) is 4. The Morgan fingerprint density at radius 1 is 0.900 bits per heavy atom. The zero-order chi connectivity index (χ0) is 14.0. The molecule has 4 aliphatic rings. The Bertz CT molecular complexity index is 274. The molecule has 4 fully saturated rings. The van der Waals surface area contributed by atoms with Crippen LogP contribution in [0.3, 0.4) is 0 Å². The van der Waals surface area contributed by atoms with Gasteiger partial charge in [-0.05, 0) is 74.5 Å². The third-order valence-corrected chi connectivity index (χ3v) is 6.54. The predicted molar refractivity (Wildman–Crippen MR) is 86.6 cm³/mol. The van der Waals surface area contributed by atoms with E-state index in [4.69, 9.17) is 5.73 Å². The SMILES string of the molecule is CCCCCCCC(N)CC12CC3CC(CC(C3)C1)C2. The van der Waals surface area contributed by atoms with Crippen molar-refractivity contribution in [2.24, 2.45) is 28.9 Å². The predicted octanol–water partition coefficient (Wildman–Crippen LogP) is 5.28.